The normalized spacial score (nSPS) is 16.5. The molecule has 2 aliphatic rings. The molecule has 0 atom stereocenters. The number of fused-ring (bicyclic) bond motifs is 3. The zero-order chi connectivity index (χ0) is 22.2. The summed E-state index contributed by atoms with van der Waals surface area (Å²) in [4.78, 5) is 15.3. The number of carbonyl (C=O) groups is 1. The summed E-state index contributed by atoms with van der Waals surface area (Å²) in [5.74, 6) is 1.61. The molecule has 4 nitrogen and oxygen atoms in total. The number of hydrogen-bond acceptors (Lipinski definition) is 4. The molecule has 0 saturated carbocycles. The molecule has 6 heteroatoms. The lowest BCUT2D eigenvalue weighted by atomic mass is 9.98. The van der Waals surface area contributed by atoms with E-state index < -0.39 is 0 Å². The first-order chi connectivity index (χ1) is 15.5. The highest BCUT2D eigenvalue weighted by atomic mass is 35.5. The van der Waals surface area contributed by atoms with Gasteiger partial charge in [0, 0.05) is 23.1 Å². The molecule has 0 aliphatic carbocycles. The molecule has 2 heterocycles. The van der Waals surface area contributed by atoms with Gasteiger partial charge in [0.15, 0.2) is 5.76 Å². The molecule has 0 bridgehead atoms. The number of allylic oxidation sites excluding steroid dienone is 1. The van der Waals surface area contributed by atoms with E-state index in [-0.39, 0.29) is 5.78 Å². The van der Waals surface area contributed by atoms with Crippen LogP contribution in [0.2, 0.25) is 10.0 Å². The maximum absolute atomic E-state index is 13.1. The minimum Gasteiger partial charge on any atom is -0.478 e. The zero-order valence-electron chi connectivity index (χ0n) is 17.5. The molecule has 0 radical (unpaired) electrons. The van der Waals surface area contributed by atoms with E-state index in [1.807, 2.05) is 49.4 Å². The van der Waals surface area contributed by atoms with Gasteiger partial charge < -0.3 is 9.47 Å². The molecule has 0 amide bonds. The van der Waals surface area contributed by atoms with Gasteiger partial charge in [-0.1, -0.05) is 47.5 Å². The van der Waals surface area contributed by atoms with Crippen LogP contribution in [0.1, 0.15) is 32.6 Å². The van der Waals surface area contributed by atoms with Crippen molar-refractivity contribution >= 4 is 35.1 Å². The molecular formula is C26H21Cl2NO3. The molecule has 0 N–H and O–H groups in total. The number of Topliss-reactive ketones (excluding diaryl/α,β-unsaturated/α-hetero) is 1. The number of ketones is 1. The van der Waals surface area contributed by atoms with Gasteiger partial charge in [-0.15, -0.1) is 0 Å². The lowest BCUT2D eigenvalue weighted by Crippen LogP contribution is -2.33. The van der Waals surface area contributed by atoms with E-state index in [1.54, 1.807) is 18.2 Å². The van der Waals surface area contributed by atoms with Crippen molar-refractivity contribution in [1.82, 2.24) is 4.90 Å². The molecule has 3 aromatic rings. The topological polar surface area (TPSA) is 38.8 Å². The van der Waals surface area contributed by atoms with E-state index in [0.29, 0.717) is 35.4 Å². The largest absolute Gasteiger partial charge is 0.478 e. The lowest BCUT2D eigenvalue weighted by Gasteiger charge is -2.30. The predicted molar refractivity (Wildman–Crippen MR) is 127 cm³/mol. The highest BCUT2D eigenvalue weighted by molar-refractivity contribution is 6.30. The predicted octanol–water partition coefficient (Wildman–Crippen LogP) is 6.31. The minimum absolute atomic E-state index is 0.103. The summed E-state index contributed by atoms with van der Waals surface area (Å²) in [7, 11) is 0. The Labute approximate surface area is 197 Å². The van der Waals surface area contributed by atoms with E-state index in [9.17, 15) is 4.79 Å². The summed E-state index contributed by atoms with van der Waals surface area (Å²) < 4.78 is 12.1. The van der Waals surface area contributed by atoms with Crippen molar-refractivity contribution in [3.05, 3.63) is 98.2 Å². The highest BCUT2D eigenvalue weighted by Gasteiger charge is 2.35. The van der Waals surface area contributed by atoms with Crippen molar-refractivity contribution in [3.8, 4) is 11.5 Å². The summed E-state index contributed by atoms with van der Waals surface area (Å²) in [6, 6.07) is 17.1. The first-order valence-electron chi connectivity index (χ1n) is 10.4. The molecule has 5 rings (SSSR count). The summed E-state index contributed by atoms with van der Waals surface area (Å²) in [5.41, 5.74) is 4.47. The summed E-state index contributed by atoms with van der Waals surface area (Å²) in [5, 5.41) is 1.38. The van der Waals surface area contributed by atoms with Gasteiger partial charge in [-0.3, -0.25) is 9.69 Å². The molecule has 2 aliphatic heterocycles. The SMILES string of the molecule is Cc1cc2c(c3c1C(=O)/C(=C\c1ccc(Cl)cc1)O3)CN(CCc1ccc(Cl)cc1)CO2. The van der Waals surface area contributed by atoms with Crippen molar-refractivity contribution < 1.29 is 14.3 Å². The number of hydrogen-bond donors (Lipinski definition) is 0. The highest BCUT2D eigenvalue weighted by Crippen LogP contribution is 2.44. The standard InChI is InChI=1S/C26H21Cl2NO3/c1-16-12-22-21(14-29(15-31-22)11-10-17-2-6-19(27)7-3-17)26-24(16)25(30)23(32-26)13-18-4-8-20(28)9-5-18/h2-9,12-13H,10-11,14-15H2,1H3/b23-13+. The van der Waals surface area contributed by atoms with E-state index in [4.69, 9.17) is 32.7 Å². The Morgan fingerprint density at radius 1 is 1.03 bits per heavy atom. The number of carbonyl (C=O) groups excluding carboxylic acids is 1. The van der Waals surface area contributed by atoms with Crippen molar-refractivity contribution in [2.75, 3.05) is 13.3 Å². The van der Waals surface area contributed by atoms with Crippen LogP contribution < -0.4 is 9.47 Å². The Morgan fingerprint density at radius 3 is 2.44 bits per heavy atom. The third-order valence-electron chi connectivity index (χ3n) is 5.79. The summed E-state index contributed by atoms with van der Waals surface area (Å²) in [6.07, 6.45) is 2.64. The molecule has 32 heavy (non-hydrogen) atoms. The number of halogens is 2. The molecule has 0 fully saturated rings. The van der Waals surface area contributed by atoms with E-state index in [2.05, 4.69) is 4.90 Å². The fourth-order valence-corrected chi connectivity index (χ4v) is 4.32. The fraction of sp³-hybridized carbons (Fsp3) is 0.192. The molecular weight excluding hydrogens is 445 g/mol. The second kappa shape index (κ2) is 8.62. The Morgan fingerprint density at radius 2 is 1.72 bits per heavy atom. The van der Waals surface area contributed by atoms with Crippen LogP contribution in [0.3, 0.4) is 0 Å². The second-order valence-electron chi connectivity index (χ2n) is 8.07. The van der Waals surface area contributed by atoms with Gasteiger partial charge in [0.2, 0.25) is 5.78 Å². The van der Waals surface area contributed by atoms with Crippen LogP contribution in [0.15, 0.2) is 60.4 Å². The van der Waals surface area contributed by atoms with Crippen molar-refractivity contribution in [1.29, 1.82) is 0 Å². The monoisotopic (exact) mass is 465 g/mol. The fourth-order valence-electron chi connectivity index (χ4n) is 4.07. The first kappa shape index (κ1) is 21.1. The molecule has 162 valence electrons. The van der Waals surface area contributed by atoms with E-state index in [1.165, 1.54) is 5.56 Å². The average molecular weight is 466 g/mol. The van der Waals surface area contributed by atoms with Gasteiger partial charge in [-0.25, -0.2) is 0 Å². The molecule has 0 unspecified atom stereocenters. The third kappa shape index (κ3) is 4.14. The van der Waals surface area contributed by atoms with Gasteiger partial charge >= 0.3 is 0 Å². The van der Waals surface area contributed by atoms with Crippen molar-refractivity contribution in [3.63, 3.8) is 0 Å². The quantitative estimate of drug-likeness (QED) is 0.423. The number of benzene rings is 3. The van der Waals surface area contributed by atoms with Gasteiger partial charge in [0.25, 0.3) is 0 Å². The van der Waals surface area contributed by atoms with Crippen molar-refractivity contribution in [2.24, 2.45) is 0 Å². The number of nitrogens with zero attached hydrogens (tertiary/aromatic N) is 1. The van der Waals surface area contributed by atoms with Crippen molar-refractivity contribution in [2.45, 2.75) is 19.9 Å². The number of rotatable bonds is 4. The molecule has 0 saturated heterocycles. The maximum atomic E-state index is 13.1. The van der Waals surface area contributed by atoms with Gasteiger partial charge in [-0.05, 0) is 66.4 Å². The summed E-state index contributed by atoms with van der Waals surface area (Å²) >= 11 is 12.0. The lowest BCUT2D eigenvalue weighted by molar-refractivity contribution is 0.0949. The Balaban J connectivity index is 1.39. The smallest absolute Gasteiger partial charge is 0.232 e. The zero-order valence-corrected chi connectivity index (χ0v) is 19.0. The van der Waals surface area contributed by atoms with Gasteiger partial charge in [0.1, 0.15) is 18.2 Å². The number of ether oxygens (including phenoxy) is 2. The molecule has 0 spiro atoms. The van der Waals surface area contributed by atoms with Crippen LogP contribution in [0.5, 0.6) is 11.5 Å². The van der Waals surface area contributed by atoms with E-state index >= 15 is 0 Å². The Hall–Kier alpha value is -2.79. The van der Waals surface area contributed by atoms with Gasteiger partial charge in [-0.2, -0.15) is 0 Å². The molecule has 3 aromatic carbocycles. The summed E-state index contributed by atoms with van der Waals surface area (Å²) in [6.45, 7) is 3.90. The van der Waals surface area contributed by atoms with Crippen LogP contribution in [0, 0.1) is 6.92 Å². The Bertz CT molecular complexity index is 1220. The van der Waals surface area contributed by atoms with Crippen LogP contribution in [-0.4, -0.2) is 24.0 Å². The maximum Gasteiger partial charge on any atom is 0.232 e. The van der Waals surface area contributed by atoms with Crippen LogP contribution >= 0.6 is 23.2 Å². The average Bonchev–Trinajstić information content (AvgIpc) is 3.12. The second-order valence-corrected chi connectivity index (χ2v) is 8.94. The van der Waals surface area contributed by atoms with Crippen LogP contribution in [0.4, 0.5) is 0 Å². The first-order valence-corrected chi connectivity index (χ1v) is 11.2. The third-order valence-corrected chi connectivity index (χ3v) is 6.29. The minimum atomic E-state index is -0.103. The van der Waals surface area contributed by atoms with E-state index in [0.717, 1.165) is 40.4 Å². The van der Waals surface area contributed by atoms with Gasteiger partial charge in [0.05, 0.1) is 11.1 Å². The molecule has 0 aromatic heterocycles. The Kier molecular flexibility index (Phi) is 5.68. The van der Waals surface area contributed by atoms with Crippen LogP contribution in [0.25, 0.3) is 6.08 Å². The number of aryl methyl sites for hydroxylation is 1. The van der Waals surface area contributed by atoms with Crippen LogP contribution in [-0.2, 0) is 13.0 Å².